The molecule has 4 N–H and O–H groups in total. The molecule has 0 unspecified atom stereocenters. The van der Waals surface area contributed by atoms with Crippen molar-refractivity contribution >= 4 is 13.3 Å². The van der Waals surface area contributed by atoms with Gasteiger partial charge in [-0.15, -0.1) is 0 Å². The minimum absolute atomic E-state index is 0. The SMILES string of the molecule is O.O.[B]c1cccc(CF)c1. The standard InChI is InChI=1S/C7H6BF.2H2O/c8-7-3-1-2-6(4-7)5-9;;/h1-4H,5H2;2*1H2. The molecule has 0 saturated heterocycles. The third kappa shape index (κ3) is 3.75. The van der Waals surface area contributed by atoms with E-state index in [1.165, 1.54) is 0 Å². The minimum Gasteiger partial charge on any atom is -0.412 e. The van der Waals surface area contributed by atoms with Crippen LogP contribution < -0.4 is 5.46 Å². The molecule has 0 aliphatic heterocycles. The van der Waals surface area contributed by atoms with Crippen molar-refractivity contribution in [3.05, 3.63) is 29.8 Å². The Morgan fingerprint density at radius 3 is 2.27 bits per heavy atom. The van der Waals surface area contributed by atoms with Crippen molar-refractivity contribution in [2.45, 2.75) is 6.67 Å². The number of benzene rings is 1. The number of alkyl halides is 1. The predicted octanol–water partition coefficient (Wildman–Crippen LogP) is -0.700. The molecular formula is C7H10BFO2. The Labute approximate surface area is 66.1 Å². The molecule has 1 aromatic carbocycles. The molecule has 0 aromatic heterocycles. The van der Waals surface area contributed by atoms with Crippen LogP contribution in [0.1, 0.15) is 5.56 Å². The number of hydrogen-bond donors (Lipinski definition) is 0. The summed E-state index contributed by atoms with van der Waals surface area (Å²) in [5.41, 5.74) is 1.25. The van der Waals surface area contributed by atoms with Gasteiger partial charge >= 0.3 is 0 Å². The van der Waals surface area contributed by atoms with Crippen molar-refractivity contribution in [3.63, 3.8) is 0 Å². The Morgan fingerprint density at radius 2 is 1.91 bits per heavy atom. The molecule has 0 bridgehead atoms. The van der Waals surface area contributed by atoms with Crippen molar-refractivity contribution in [1.29, 1.82) is 0 Å². The molecule has 0 amide bonds. The quantitative estimate of drug-likeness (QED) is 0.482. The zero-order valence-electron chi connectivity index (χ0n) is 5.97. The van der Waals surface area contributed by atoms with Gasteiger partial charge in [-0.3, -0.25) is 0 Å². The monoisotopic (exact) mass is 156 g/mol. The van der Waals surface area contributed by atoms with Crippen LogP contribution >= 0.6 is 0 Å². The van der Waals surface area contributed by atoms with Gasteiger partial charge in [0.15, 0.2) is 0 Å². The Kier molecular flexibility index (Phi) is 6.84. The summed E-state index contributed by atoms with van der Waals surface area (Å²) in [6.45, 7) is -0.439. The van der Waals surface area contributed by atoms with Gasteiger partial charge in [0, 0.05) is 0 Å². The van der Waals surface area contributed by atoms with Gasteiger partial charge in [-0.05, 0) is 5.56 Å². The third-order valence-electron chi connectivity index (χ3n) is 1.11. The molecule has 0 aliphatic rings. The van der Waals surface area contributed by atoms with Gasteiger partial charge in [0.25, 0.3) is 0 Å². The van der Waals surface area contributed by atoms with Crippen LogP contribution in [0.4, 0.5) is 4.39 Å². The normalized spacial score (nSPS) is 7.73. The lowest BCUT2D eigenvalue weighted by atomic mass is 9.95. The Morgan fingerprint density at radius 1 is 1.27 bits per heavy atom. The van der Waals surface area contributed by atoms with Gasteiger partial charge in [-0.2, -0.15) is 0 Å². The van der Waals surface area contributed by atoms with Gasteiger partial charge in [0.1, 0.15) is 14.5 Å². The zero-order chi connectivity index (χ0) is 6.69. The van der Waals surface area contributed by atoms with Crippen LogP contribution in [0.15, 0.2) is 24.3 Å². The Balaban J connectivity index is 0. The smallest absolute Gasteiger partial charge is 0.114 e. The van der Waals surface area contributed by atoms with Crippen LogP contribution in [0, 0.1) is 0 Å². The second kappa shape index (κ2) is 5.89. The van der Waals surface area contributed by atoms with Crippen molar-refractivity contribution in [1.82, 2.24) is 0 Å². The van der Waals surface area contributed by atoms with E-state index in [1.54, 1.807) is 24.3 Å². The molecule has 0 atom stereocenters. The summed E-state index contributed by atoms with van der Waals surface area (Å²) in [4.78, 5) is 0. The summed E-state index contributed by atoms with van der Waals surface area (Å²) in [6.07, 6.45) is 0. The molecule has 0 fully saturated rings. The highest BCUT2D eigenvalue weighted by Crippen LogP contribution is 1.96. The van der Waals surface area contributed by atoms with Gasteiger partial charge in [0.2, 0.25) is 0 Å². The van der Waals surface area contributed by atoms with Crippen molar-refractivity contribution < 1.29 is 15.3 Å². The van der Waals surface area contributed by atoms with E-state index in [2.05, 4.69) is 0 Å². The molecule has 4 heteroatoms. The predicted molar refractivity (Wildman–Crippen MR) is 43.9 cm³/mol. The molecule has 2 radical (unpaired) electrons. The molecular weight excluding hydrogens is 146 g/mol. The maximum absolute atomic E-state index is 11.8. The summed E-state index contributed by atoms with van der Waals surface area (Å²) in [5.74, 6) is 0. The van der Waals surface area contributed by atoms with Gasteiger partial charge in [0.05, 0.1) is 0 Å². The highest BCUT2D eigenvalue weighted by atomic mass is 19.1. The second-order valence-electron chi connectivity index (χ2n) is 1.88. The molecule has 0 aliphatic carbocycles. The summed E-state index contributed by atoms with van der Waals surface area (Å²) in [7, 11) is 5.37. The summed E-state index contributed by atoms with van der Waals surface area (Å²) >= 11 is 0. The van der Waals surface area contributed by atoms with Crippen LogP contribution in [0.25, 0.3) is 0 Å². The lowest BCUT2D eigenvalue weighted by molar-refractivity contribution is 0.485. The minimum atomic E-state index is -0.439. The molecule has 1 aromatic rings. The van der Waals surface area contributed by atoms with Gasteiger partial charge in [-0.1, -0.05) is 29.7 Å². The highest BCUT2D eigenvalue weighted by Gasteiger charge is 1.87. The van der Waals surface area contributed by atoms with E-state index in [0.717, 1.165) is 0 Å². The van der Waals surface area contributed by atoms with E-state index < -0.39 is 6.67 Å². The average Bonchev–Trinajstić information content (AvgIpc) is 1.88. The van der Waals surface area contributed by atoms with Crippen LogP contribution in [-0.2, 0) is 6.67 Å². The highest BCUT2D eigenvalue weighted by molar-refractivity contribution is 6.32. The number of hydrogen-bond acceptors (Lipinski definition) is 0. The summed E-state index contributed by atoms with van der Waals surface area (Å²) in [6, 6.07) is 6.81. The molecule has 2 nitrogen and oxygen atoms in total. The number of halogens is 1. The Hall–Kier alpha value is -0.865. The number of rotatable bonds is 1. The van der Waals surface area contributed by atoms with Crippen LogP contribution in [0.2, 0.25) is 0 Å². The molecule has 1 rings (SSSR count). The second-order valence-corrected chi connectivity index (χ2v) is 1.88. The summed E-state index contributed by atoms with van der Waals surface area (Å²) in [5, 5.41) is 0. The summed E-state index contributed by atoms with van der Waals surface area (Å²) < 4.78 is 11.8. The third-order valence-corrected chi connectivity index (χ3v) is 1.11. The fraction of sp³-hybridized carbons (Fsp3) is 0.143. The van der Waals surface area contributed by atoms with Gasteiger partial charge < -0.3 is 11.0 Å². The molecule has 11 heavy (non-hydrogen) atoms. The van der Waals surface area contributed by atoms with E-state index in [9.17, 15) is 4.39 Å². The van der Waals surface area contributed by atoms with E-state index in [0.29, 0.717) is 11.0 Å². The fourth-order valence-corrected chi connectivity index (χ4v) is 0.676. The topological polar surface area (TPSA) is 63.0 Å². The van der Waals surface area contributed by atoms with Crippen LogP contribution in [0.3, 0.4) is 0 Å². The molecule has 60 valence electrons. The maximum atomic E-state index is 11.8. The lowest BCUT2D eigenvalue weighted by Gasteiger charge is -1.93. The first-order chi connectivity index (χ1) is 4.33. The fourth-order valence-electron chi connectivity index (χ4n) is 0.676. The van der Waals surface area contributed by atoms with E-state index in [-0.39, 0.29) is 11.0 Å². The first kappa shape index (κ1) is 12.8. The van der Waals surface area contributed by atoms with E-state index in [4.69, 9.17) is 7.85 Å². The molecule has 0 saturated carbocycles. The van der Waals surface area contributed by atoms with E-state index in [1.807, 2.05) is 0 Å². The lowest BCUT2D eigenvalue weighted by Crippen LogP contribution is -2.00. The maximum Gasteiger partial charge on any atom is 0.114 e. The average molecular weight is 156 g/mol. The van der Waals surface area contributed by atoms with Crippen molar-refractivity contribution in [2.24, 2.45) is 0 Å². The van der Waals surface area contributed by atoms with E-state index >= 15 is 0 Å². The molecule has 0 spiro atoms. The van der Waals surface area contributed by atoms with Crippen molar-refractivity contribution in [2.75, 3.05) is 0 Å². The Bertz CT molecular complexity index is 205. The van der Waals surface area contributed by atoms with Crippen molar-refractivity contribution in [3.8, 4) is 0 Å². The van der Waals surface area contributed by atoms with Crippen LogP contribution in [0.5, 0.6) is 0 Å². The first-order valence-corrected chi connectivity index (χ1v) is 2.73. The van der Waals surface area contributed by atoms with Gasteiger partial charge in [-0.25, -0.2) is 4.39 Å². The zero-order valence-corrected chi connectivity index (χ0v) is 5.97. The molecule has 0 heterocycles. The largest absolute Gasteiger partial charge is 0.412 e. The van der Waals surface area contributed by atoms with Crippen LogP contribution in [-0.4, -0.2) is 18.8 Å². The first-order valence-electron chi connectivity index (χ1n) is 2.73.